The number of halogens is 2. The molecule has 1 heterocycles. The molecule has 2 aromatic carbocycles. The van der Waals surface area contributed by atoms with E-state index in [-0.39, 0.29) is 22.5 Å². The van der Waals surface area contributed by atoms with Gasteiger partial charge in [0.15, 0.2) is 10.9 Å². The van der Waals surface area contributed by atoms with Crippen LogP contribution in [0.3, 0.4) is 0 Å². The molecule has 3 aromatic rings. The van der Waals surface area contributed by atoms with Gasteiger partial charge in [-0.2, -0.15) is 0 Å². The lowest BCUT2D eigenvalue weighted by Gasteiger charge is -2.10. The number of thiocarbonyl (C=S) groups is 1. The van der Waals surface area contributed by atoms with Crippen molar-refractivity contribution >= 4 is 23.2 Å². The SMILES string of the molecule is O=C(NNC(=S)NCc1ccc(F)cc1)c1ccc(-c2ccc(F)cc2)o1. The van der Waals surface area contributed by atoms with Gasteiger partial charge in [0.1, 0.15) is 17.4 Å². The van der Waals surface area contributed by atoms with Gasteiger partial charge in [-0.25, -0.2) is 8.78 Å². The molecule has 0 saturated carbocycles. The maximum absolute atomic E-state index is 13.0. The minimum absolute atomic E-state index is 0.0724. The topological polar surface area (TPSA) is 66.3 Å². The molecular weight excluding hydrogens is 372 g/mol. The zero-order valence-corrected chi connectivity index (χ0v) is 14.8. The number of amides is 1. The third-order valence-electron chi connectivity index (χ3n) is 3.61. The lowest BCUT2D eigenvalue weighted by atomic mass is 10.2. The second kappa shape index (κ2) is 8.41. The van der Waals surface area contributed by atoms with Crippen molar-refractivity contribution in [2.45, 2.75) is 6.54 Å². The average Bonchev–Trinajstić information content (AvgIpc) is 3.16. The minimum atomic E-state index is -0.519. The highest BCUT2D eigenvalue weighted by Crippen LogP contribution is 2.22. The van der Waals surface area contributed by atoms with Crippen molar-refractivity contribution in [2.24, 2.45) is 0 Å². The number of carbonyl (C=O) groups is 1. The Hall–Kier alpha value is -3.26. The van der Waals surface area contributed by atoms with Crippen LogP contribution >= 0.6 is 12.2 Å². The molecule has 0 saturated heterocycles. The van der Waals surface area contributed by atoms with Crippen molar-refractivity contribution in [1.29, 1.82) is 0 Å². The molecule has 5 nitrogen and oxygen atoms in total. The molecule has 0 aliphatic heterocycles. The molecule has 138 valence electrons. The largest absolute Gasteiger partial charge is 0.451 e. The van der Waals surface area contributed by atoms with Crippen LogP contribution in [0.25, 0.3) is 11.3 Å². The first kappa shape index (κ1) is 18.5. The summed E-state index contributed by atoms with van der Waals surface area (Å²) >= 11 is 5.06. The molecular formula is C19H15F2N3O2S. The molecule has 0 atom stereocenters. The van der Waals surface area contributed by atoms with Crippen LogP contribution in [0.5, 0.6) is 0 Å². The third kappa shape index (κ3) is 5.11. The smallest absolute Gasteiger partial charge is 0.305 e. The van der Waals surface area contributed by atoms with Gasteiger partial charge in [0.25, 0.3) is 0 Å². The minimum Gasteiger partial charge on any atom is -0.451 e. The zero-order chi connectivity index (χ0) is 19.2. The van der Waals surface area contributed by atoms with E-state index in [0.717, 1.165) is 5.56 Å². The quantitative estimate of drug-likeness (QED) is 0.472. The number of furan rings is 1. The van der Waals surface area contributed by atoms with Gasteiger partial charge in [0.05, 0.1) is 0 Å². The summed E-state index contributed by atoms with van der Waals surface area (Å²) in [7, 11) is 0. The van der Waals surface area contributed by atoms with Gasteiger partial charge < -0.3 is 9.73 Å². The van der Waals surface area contributed by atoms with Crippen LogP contribution in [0.15, 0.2) is 65.1 Å². The summed E-state index contributed by atoms with van der Waals surface area (Å²) < 4.78 is 31.3. The van der Waals surface area contributed by atoms with E-state index >= 15 is 0 Å². The number of carbonyl (C=O) groups excluding carboxylic acids is 1. The highest BCUT2D eigenvalue weighted by atomic mass is 32.1. The van der Waals surface area contributed by atoms with Crippen molar-refractivity contribution < 1.29 is 18.0 Å². The Bertz CT molecular complexity index is 940. The fourth-order valence-electron chi connectivity index (χ4n) is 2.23. The number of hydrogen-bond donors (Lipinski definition) is 3. The maximum Gasteiger partial charge on any atom is 0.305 e. The maximum atomic E-state index is 13.0. The van der Waals surface area contributed by atoms with Crippen LogP contribution < -0.4 is 16.2 Å². The Labute approximate surface area is 159 Å². The van der Waals surface area contributed by atoms with Crippen molar-refractivity contribution in [2.75, 3.05) is 0 Å². The van der Waals surface area contributed by atoms with E-state index in [2.05, 4.69) is 16.2 Å². The Kier molecular flexibility index (Phi) is 5.77. The van der Waals surface area contributed by atoms with Gasteiger partial charge in [-0.1, -0.05) is 12.1 Å². The van der Waals surface area contributed by atoms with Gasteiger partial charge in [-0.3, -0.25) is 15.6 Å². The van der Waals surface area contributed by atoms with E-state index in [0.29, 0.717) is 17.9 Å². The molecule has 3 rings (SSSR count). The molecule has 0 bridgehead atoms. The Morgan fingerprint density at radius 1 is 0.889 bits per heavy atom. The standard InChI is InChI=1S/C19H15F2N3O2S/c20-14-5-1-12(2-6-14)11-22-19(27)24-23-18(25)17-10-9-16(26-17)13-3-7-15(21)8-4-13/h1-10H,11H2,(H,23,25)(H2,22,24,27). The molecule has 0 spiro atoms. The first-order chi connectivity index (χ1) is 13.0. The summed E-state index contributed by atoms with van der Waals surface area (Å²) in [6.07, 6.45) is 0. The number of benzene rings is 2. The molecule has 0 unspecified atom stereocenters. The lowest BCUT2D eigenvalue weighted by molar-refractivity contribution is 0.0916. The van der Waals surface area contributed by atoms with Crippen LogP contribution in [0.4, 0.5) is 8.78 Å². The number of hydrogen-bond acceptors (Lipinski definition) is 3. The molecule has 3 N–H and O–H groups in total. The third-order valence-corrected chi connectivity index (χ3v) is 3.86. The molecule has 1 amide bonds. The van der Waals surface area contributed by atoms with E-state index in [9.17, 15) is 13.6 Å². The van der Waals surface area contributed by atoms with Crippen LogP contribution in [0.2, 0.25) is 0 Å². The van der Waals surface area contributed by atoms with Crippen LogP contribution in [-0.2, 0) is 6.54 Å². The summed E-state index contributed by atoms with van der Waals surface area (Å²) in [6, 6.07) is 14.8. The number of rotatable bonds is 4. The first-order valence-corrected chi connectivity index (χ1v) is 8.36. The van der Waals surface area contributed by atoms with E-state index in [1.807, 2.05) is 0 Å². The summed E-state index contributed by atoms with van der Waals surface area (Å²) in [5.41, 5.74) is 6.46. The first-order valence-electron chi connectivity index (χ1n) is 7.95. The van der Waals surface area contributed by atoms with Crippen LogP contribution in [-0.4, -0.2) is 11.0 Å². The summed E-state index contributed by atoms with van der Waals surface area (Å²) in [4.78, 5) is 12.1. The zero-order valence-electron chi connectivity index (χ0n) is 14.0. The van der Waals surface area contributed by atoms with Gasteiger partial charge in [0.2, 0.25) is 0 Å². The van der Waals surface area contributed by atoms with E-state index < -0.39 is 5.91 Å². The highest BCUT2D eigenvalue weighted by molar-refractivity contribution is 7.80. The summed E-state index contributed by atoms with van der Waals surface area (Å²) in [6.45, 7) is 0.372. The summed E-state index contributed by atoms with van der Waals surface area (Å²) in [5, 5.41) is 3.07. The summed E-state index contributed by atoms with van der Waals surface area (Å²) in [5.74, 6) is -0.672. The average molecular weight is 387 g/mol. The van der Waals surface area contributed by atoms with Crippen molar-refractivity contribution in [3.05, 3.63) is 83.6 Å². The fourth-order valence-corrected chi connectivity index (χ4v) is 2.36. The molecule has 0 radical (unpaired) electrons. The molecule has 0 aliphatic rings. The van der Waals surface area contributed by atoms with Gasteiger partial charge >= 0.3 is 5.91 Å². The van der Waals surface area contributed by atoms with Crippen molar-refractivity contribution in [3.63, 3.8) is 0 Å². The Morgan fingerprint density at radius 3 is 2.19 bits per heavy atom. The molecule has 1 aromatic heterocycles. The monoisotopic (exact) mass is 387 g/mol. The Balaban J connectivity index is 1.49. The highest BCUT2D eigenvalue weighted by Gasteiger charge is 2.12. The normalized spacial score (nSPS) is 10.3. The van der Waals surface area contributed by atoms with Gasteiger partial charge in [-0.05, 0) is 66.3 Å². The molecule has 8 heteroatoms. The van der Waals surface area contributed by atoms with Crippen LogP contribution in [0.1, 0.15) is 16.1 Å². The molecule has 0 aliphatic carbocycles. The van der Waals surface area contributed by atoms with E-state index in [4.69, 9.17) is 16.6 Å². The molecule has 27 heavy (non-hydrogen) atoms. The van der Waals surface area contributed by atoms with Gasteiger partial charge in [-0.15, -0.1) is 0 Å². The second-order valence-corrected chi connectivity index (χ2v) is 5.97. The van der Waals surface area contributed by atoms with Crippen LogP contribution in [0, 0.1) is 11.6 Å². The second-order valence-electron chi connectivity index (χ2n) is 5.56. The van der Waals surface area contributed by atoms with Gasteiger partial charge in [0, 0.05) is 12.1 Å². The Morgan fingerprint density at radius 2 is 1.52 bits per heavy atom. The lowest BCUT2D eigenvalue weighted by Crippen LogP contribution is -2.46. The fraction of sp³-hybridized carbons (Fsp3) is 0.0526. The van der Waals surface area contributed by atoms with E-state index in [1.54, 1.807) is 30.3 Å². The predicted octanol–water partition coefficient (Wildman–Crippen LogP) is 3.53. The van der Waals surface area contributed by atoms with E-state index in [1.165, 1.54) is 30.3 Å². The van der Waals surface area contributed by atoms with Crippen molar-refractivity contribution in [3.8, 4) is 11.3 Å². The number of hydrazine groups is 1. The number of nitrogens with one attached hydrogen (secondary N) is 3. The molecule has 0 fully saturated rings. The van der Waals surface area contributed by atoms with Crippen molar-refractivity contribution in [1.82, 2.24) is 16.2 Å². The predicted molar refractivity (Wildman–Crippen MR) is 101 cm³/mol.